The van der Waals surface area contributed by atoms with Crippen molar-refractivity contribution in [1.29, 1.82) is 0 Å². The largest absolute Gasteiger partial charge is 0.497 e. The molecule has 0 amide bonds. The van der Waals surface area contributed by atoms with Crippen LogP contribution in [0.25, 0.3) is 17.0 Å². The van der Waals surface area contributed by atoms with E-state index in [1.165, 1.54) is 13.2 Å². The van der Waals surface area contributed by atoms with Crippen LogP contribution in [0.3, 0.4) is 0 Å². The Labute approximate surface area is 241 Å². The number of furan rings is 1. The van der Waals surface area contributed by atoms with Crippen molar-refractivity contribution < 1.29 is 37.7 Å². The minimum atomic E-state index is -0.602. The zero-order valence-corrected chi connectivity index (χ0v) is 23.1. The first-order chi connectivity index (χ1) is 20.4. The Kier molecular flexibility index (Phi) is 7.10. The van der Waals surface area contributed by atoms with Crippen LogP contribution in [-0.4, -0.2) is 26.0 Å². The highest BCUT2D eigenvalue weighted by Gasteiger charge is 2.29. The maximum absolute atomic E-state index is 13.3. The van der Waals surface area contributed by atoms with Crippen LogP contribution in [0.15, 0.2) is 95.1 Å². The van der Waals surface area contributed by atoms with Gasteiger partial charge in [0.2, 0.25) is 5.78 Å². The van der Waals surface area contributed by atoms with E-state index in [9.17, 15) is 9.59 Å². The summed E-state index contributed by atoms with van der Waals surface area (Å²) in [6.07, 6.45) is 1.60. The van der Waals surface area contributed by atoms with Gasteiger partial charge in [0.15, 0.2) is 5.76 Å². The van der Waals surface area contributed by atoms with Crippen molar-refractivity contribution in [3.8, 4) is 28.7 Å². The highest BCUT2D eigenvalue weighted by molar-refractivity contribution is 6.14. The van der Waals surface area contributed by atoms with Crippen molar-refractivity contribution in [3.63, 3.8) is 0 Å². The number of ketones is 1. The summed E-state index contributed by atoms with van der Waals surface area (Å²) >= 11 is 0. The molecule has 0 fully saturated rings. The minimum absolute atomic E-state index is 0.122. The van der Waals surface area contributed by atoms with Crippen LogP contribution in [0.2, 0.25) is 0 Å². The molecule has 5 aromatic rings. The van der Waals surface area contributed by atoms with Gasteiger partial charge in [0.1, 0.15) is 52.3 Å². The molecule has 1 aromatic heterocycles. The minimum Gasteiger partial charge on any atom is -0.497 e. The van der Waals surface area contributed by atoms with E-state index >= 15 is 0 Å². The third kappa shape index (κ3) is 5.17. The van der Waals surface area contributed by atoms with Gasteiger partial charge in [-0.1, -0.05) is 30.3 Å². The number of allylic oxidation sites excluding steroid dienone is 1. The Morgan fingerprint density at radius 2 is 1.64 bits per heavy atom. The molecule has 0 radical (unpaired) electrons. The monoisotopic (exact) mass is 562 g/mol. The third-order valence-electron chi connectivity index (χ3n) is 6.87. The molecule has 0 N–H and O–H groups in total. The van der Waals surface area contributed by atoms with Gasteiger partial charge >= 0.3 is 5.97 Å². The molecule has 210 valence electrons. The number of fused-ring (bicyclic) bond motifs is 2. The summed E-state index contributed by atoms with van der Waals surface area (Å²) in [6, 6.07) is 25.0. The van der Waals surface area contributed by atoms with E-state index < -0.39 is 5.97 Å². The van der Waals surface area contributed by atoms with Gasteiger partial charge in [-0.05, 0) is 61.0 Å². The smallest absolute Gasteiger partial charge is 0.347 e. The van der Waals surface area contributed by atoms with Crippen LogP contribution < -0.4 is 23.7 Å². The predicted octanol–water partition coefficient (Wildman–Crippen LogP) is 7.17. The first kappa shape index (κ1) is 26.7. The Hall–Kier alpha value is -5.50. The van der Waals surface area contributed by atoms with Gasteiger partial charge in [-0.3, -0.25) is 4.79 Å². The second-order valence-corrected chi connectivity index (χ2v) is 9.56. The average molecular weight is 563 g/mol. The number of aryl methyl sites for hydroxylation is 1. The molecule has 2 heterocycles. The van der Waals surface area contributed by atoms with Gasteiger partial charge in [-0.25, -0.2) is 4.79 Å². The van der Waals surface area contributed by atoms with Crippen molar-refractivity contribution in [2.75, 3.05) is 14.2 Å². The summed E-state index contributed by atoms with van der Waals surface area (Å²) in [5.41, 5.74) is 2.87. The van der Waals surface area contributed by atoms with Crippen LogP contribution >= 0.6 is 0 Å². The quantitative estimate of drug-likeness (QED) is 0.112. The van der Waals surface area contributed by atoms with E-state index in [0.717, 1.165) is 5.56 Å². The molecule has 0 aliphatic carbocycles. The third-order valence-corrected chi connectivity index (χ3v) is 6.87. The van der Waals surface area contributed by atoms with Gasteiger partial charge in [-0.15, -0.1) is 0 Å². The first-order valence-electron chi connectivity index (χ1n) is 13.2. The van der Waals surface area contributed by atoms with Crippen molar-refractivity contribution in [2.45, 2.75) is 13.5 Å². The molecular formula is C34H26O8. The lowest BCUT2D eigenvalue weighted by Crippen LogP contribution is -2.09. The number of ether oxygens (including phenoxy) is 5. The van der Waals surface area contributed by atoms with E-state index in [2.05, 4.69) is 0 Å². The fourth-order valence-corrected chi connectivity index (χ4v) is 4.75. The van der Waals surface area contributed by atoms with Crippen molar-refractivity contribution in [2.24, 2.45) is 0 Å². The Balaban J connectivity index is 1.21. The van der Waals surface area contributed by atoms with Crippen LogP contribution in [0.4, 0.5) is 0 Å². The van der Waals surface area contributed by atoms with E-state index in [0.29, 0.717) is 57.3 Å². The van der Waals surface area contributed by atoms with E-state index in [-0.39, 0.29) is 23.0 Å². The number of hydrogen-bond acceptors (Lipinski definition) is 8. The lowest BCUT2D eigenvalue weighted by atomic mass is 10.1. The molecule has 8 heteroatoms. The zero-order valence-electron chi connectivity index (χ0n) is 23.1. The maximum atomic E-state index is 13.3. The van der Waals surface area contributed by atoms with Crippen LogP contribution in [-0.2, 0) is 6.61 Å². The summed E-state index contributed by atoms with van der Waals surface area (Å²) in [4.78, 5) is 26.3. The van der Waals surface area contributed by atoms with Crippen LogP contribution in [0.1, 0.15) is 37.6 Å². The lowest BCUT2D eigenvalue weighted by molar-refractivity contribution is 0.0734. The van der Waals surface area contributed by atoms with Gasteiger partial charge in [0.25, 0.3) is 0 Å². The average Bonchev–Trinajstić information content (AvgIpc) is 3.50. The number of esters is 1. The van der Waals surface area contributed by atoms with Gasteiger partial charge < -0.3 is 28.1 Å². The molecule has 0 spiro atoms. The molecule has 4 aromatic carbocycles. The van der Waals surface area contributed by atoms with E-state index in [1.54, 1.807) is 68.6 Å². The summed E-state index contributed by atoms with van der Waals surface area (Å²) < 4.78 is 34.0. The number of rotatable bonds is 8. The molecule has 6 rings (SSSR count). The van der Waals surface area contributed by atoms with Gasteiger partial charge in [0, 0.05) is 23.1 Å². The second-order valence-electron chi connectivity index (χ2n) is 9.56. The molecule has 0 saturated heterocycles. The Morgan fingerprint density at radius 3 is 2.43 bits per heavy atom. The molecular weight excluding hydrogens is 536 g/mol. The molecule has 0 bridgehead atoms. The molecule has 1 aliphatic heterocycles. The molecule has 0 unspecified atom stereocenters. The maximum Gasteiger partial charge on any atom is 0.347 e. The molecule has 8 nitrogen and oxygen atoms in total. The highest BCUT2D eigenvalue weighted by atomic mass is 16.5. The van der Waals surface area contributed by atoms with E-state index in [1.807, 2.05) is 30.3 Å². The lowest BCUT2D eigenvalue weighted by Gasteiger charge is -2.08. The summed E-state index contributed by atoms with van der Waals surface area (Å²) in [5.74, 6) is 1.90. The first-order valence-corrected chi connectivity index (χ1v) is 13.2. The number of hydrogen-bond donors (Lipinski definition) is 0. The molecule has 1 aliphatic rings. The predicted molar refractivity (Wildman–Crippen MR) is 156 cm³/mol. The van der Waals surface area contributed by atoms with Crippen molar-refractivity contribution in [1.82, 2.24) is 0 Å². The van der Waals surface area contributed by atoms with E-state index in [4.69, 9.17) is 28.1 Å². The fraction of sp³-hybridized carbons (Fsp3) is 0.118. The van der Waals surface area contributed by atoms with Gasteiger partial charge in [-0.2, -0.15) is 0 Å². The van der Waals surface area contributed by atoms with Crippen molar-refractivity contribution in [3.05, 3.63) is 119 Å². The topological polar surface area (TPSA) is 93.4 Å². The van der Waals surface area contributed by atoms with Crippen LogP contribution in [0.5, 0.6) is 28.7 Å². The number of benzene rings is 4. The Bertz CT molecular complexity index is 1850. The number of carbonyl (C=O) groups excluding carboxylic acids is 2. The highest BCUT2D eigenvalue weighted by Crippen LogP contribution is 2.37. The summed E-state index contributed by atoms with van der Waals surface area (Å²) in [6.45, 7) is 2.09. The Morgan fingerprint density at radius 1 is 0.857 bits per heavy atom. The summed E-state index contributed by atoms with van der Waals surface area (Å²) in [7, 11) is 3.10. The normalized spacial score (nSPS) is 13.1. The SMILES string of the molecule is COc1ccc(C=C2Oc3cc(OC(=O)c4c(C)oc5ccc(OCc6ccccc6)cc45)ccc3C2=O)c(OC)c1. The fourth-order valence-electron chi connectivity index (χ4n) is 4.75. The number of Topliss-reactive ketones (excluding diaryl/α,β-unsaturated/α-hetero) is 1. The zero-order chi connectivity index (χ0) is 29.2. The second kappa shape index (κ2) is 11.2. The number of carbonyl (C=O) groups is 2. The van der Waals surface area contributed by atoms with Crippen molar-refractivity contribution >= 4 is 28.8 Å². The van der Waals surface area contributed by atoms with Crippen LogP contribution in [0, 0.1) is 6.92 Å². The van der Waals surface area contributed by atoms with Gasteiger partial charge in [0.05, 0.1) is 19.8 Å². The molecule has 0 atom stereocenters. The number of methoxy groups -OCH3 is 2. The summed E-state index contributed by atoms with van der Waals surface area (Å²) in [5, 5.41) is 0.578. The standard InChI is InChI=1S/C34H26O8/c1-20-32(27-16-24(12-14-28(27)40-20)39-19-21-7-5-4-6-8-21)34(36)41-25-11-13-26-30(18-25)42-31(33(26)35)15-22-9-10-23(37-2)17-29(22)38-3/h4-18H,19H2,1-3H3. The molecule has 0 saturated carbocycles. The molecule has 42 heavy (non-hydrogen) atoms.